The third-order valence-corrected chi connectivity index (χ3v) is 3.39. The van der Waals surface area contributed by atoms with Gasteiger partial charge in [-0.25, -0.2) is 0 Å². The molecule has 0 unspecified atom stereocenters. The van der Waals surface area contributed by atoms with Gasteiger partial charge in [-0.05, 0) is 45.2 Å². The van der Waals surface area contributed by atoms with Gasteiger partial charge in [0.15, 0.2) is 0 Å². The van der Waals surface area contributed by atoms with Crippen LogP contribution in [0.15, 0.2) is 0 Å². The third-order valence-electron chi connectivity index (χ3n) is 3.39. The second kappa shape index (κ2) is 9.30. The molecule has 21 heavy (non-hydrogen) atoms. The minimum absolute atomic E-state index is 0.181. The Kier molecular flexibility index (Phi) is 7.70. The maximum absolute atomic E-state index is 12.1. The zero-order valence-corrected chi connectivity index (χ0v) is 12.2. The molecule has 8 heteroatoms. The zero-order chi connectivity index (χ0) is 15.7. The van der Waals surface area contributed by atoms with Crippen LogP contribution in [-0.4, -0.2) is 49.4 Å². The van der Waals surface area contributed by atoms with Crippen molar-refractivity contribution in [1.29, 1.82) is 0 Å². The van der Waals surface area contributed by atoms with E-state index in [1.54, 1.807) is 0 Å². The maximum atomic E-state index is 12.1. The summed E-state index contributed by atoms with van der Waals surface area (Å²) in [4.78, 5) is 34.8. The van der Waals surface area contributed by atoms with Gasteiger partial charge in [0.05, 0.1) is 12.6 Å². The summed E-state index contributed by atoms with van der Waals surface area (Å²) < 4.78 is 0. The summed E-state index contributed by atoms with van der Waals surface area (Å²) in [5.74, 6) is -1.19. The predicted molar refractivity (Wildman–Crippen MR) is 78.1 cm³/mol. The third kappa shape index (κ3) is 6.54. The minimum Gasteiger partial charge on any atom is -0.368 e. The molecule has 0 saturated carbocycles. The van der Waals surface area contributed by atoms with Crippen LogP contribution in [-0.2, 0) is 14.4 Å². The molecule has 8 nitrogen and oxygen atoms in total. The van der Waals surface area contributed by atoms with Crippen molar-refractivity contribution >= 4 is 17.7 Å². The average Bonchev–Trinajstić information content (AvgIpc) is 2.98. The van der Waals surface area contributed by atoms with Crippen LogP contribution in [0, 0.1) is 0 Å². The molecule has 1 aliphatic rings. The van der Waals surface area contributed by atoms with Crippen LogP contribution in [0.4, 0.5) is 0 Å². The lowest BCUT2D eigenvalue weighted by atomic mass is 10.1. The molecule has 1 heterocycles. The topological polar surface area (TPSA) is 139 Å². The second-order valence-electron chi connectivity index (χ2n) is 5.18. The van der Waals surface area contributed by atoms with Gasteiger partial charge in [-0.1, -0.05) is 0 Å². The van der Waals surface area contributed by atoms with Gasteiger partial charge >= 0.3 is 0 Å². The Morgan fingerprint density at radius 2 is 2.05 bits per heavy atom. The van der Waals surface area contributed by atoms with Crippen molar-refractivity contribution in [2.24, 2.45) is 11.5 Å². The molecule has 3 amide bonds. The molecular weight excluding hydrogens is 274 g/mol. The van der Waals surface area contributed by atoms with Crippen molar-refractivity contribution in [2.75, 3.05) is 19.6 Å². The quantitative estimate of drug-likeness (QED) is 0.312. The van der Waals surface area contributed by atoms with Crippen LogP contribution in [0.25, 0.3) is 0 Å². The van der Waals surface area contributed by atoms with E-state index in [2.05, 4.69) is 16.0 Å². The predicted octanol–water partition coefficient (Wildman–Crippen LogP) is -2.05. The van der Waals surface area contributed by atoms with E-state index >= 15 is 0 Å². The van der Waals surface area contributed by atoms with Crippen molar-refractivity contribution in [3.05, 3.63) is 0 Å². The molecule has 7 N–H and O–H groups in total. The van der Waals surface area contributed by atoms with E-state index in [-0.39, 0.29) is 18.5 Å². The van der Waals surface area contributed by atoms with Crippen molar-refractivity contribution in [2.45, 2.75) is 44.2 Å². The Balaban J connectivity index is 2.51. The van der Waals surface area contributed by atoms with E-state index in [4.69, 9.17) is 11.5 Å². The first-order valence-electron chi connectivity index (χ1n) is 7.34. The molecule has 0 radical (unpaired) electrons. The number of carbonyl (C=O) groups excluding carboxylic acids is 3. The Morgan fingerprint density at radius 3 is 2.62 bits per heavy atom. The van der Waals surface area contributed by atoms with Gasteiger partial charge in [0, 0.05) is 0 Å². The lowest BCUT2D eigenvalue weighted by molar-refractivity contribution is -0.130. The Morgan fingerprint density at radius 1 is 1.29 bits per heavy atom. The molecular formula is C13H25N5O3. The molecule has 1 fully saturated rings. The summed E-state index contributed by atoms with van der Waals surface area (Å²) in [5, 5.41) is 8.24. The molecule has 1 rings (SSSR count). The summed E-state index contributed by atoms with van der Waals surface area (Å²) >= 11 is 0. The Hall–Kier alpha value is -1.67. The summed E-state index contributed by atoms with van der Waals surface area (Å²) in [6.07, 6.45) is 3.70. The fraction of sp³-hybridized carbons (Fsp3) is 0.769. The van der Waals surface area contributed by atoms with Gasteiger partial charge < -0.3 is 27.4 Å². The van der Waals surface area contributed by atoms with E-state index in [0.717, 1.165) is 32.2 Å². The zero-order valence-electron chi connectivity index (χ0n) is 12.2. The Bertz CT molecular complexity index is 369. The van der Waals surface area contributed by atoms with E-state index in [0.29, 0.717) is 13.0 Å². The normalized spacial score (nSPS) is 19.0. The summed E-state index contributed by atoms with van der Waals surface area (Å²) in [6, 6.07) is -0.906. The van der Waals surface area contributed by atoms with E-state index < -0.39 is 17.9 Å². The van der Waals surface area contributed by atoms with Gasteiger partial charge in [-0.15, -0.1) is 0 Å². The number of unbranched alkanes of at least 4 members (excludes halogenated alkanes) is 1. The van der Waals surface area contributed by atoms with Crippen LogP contribution in [0.3, 0.4) is 0 Å². The number of rotatable bonds is 9. The van der Waals surface area contributed by atoms with Gasteiger partial charge in [0.2, 0.25) is 17.7 Å². The van der Waals surface area contributed by atoms with Gasteiger partial charge in [0.1, 0.15) is 6.04 Å². The first-order valence-corrected chi connectivity index (χ1v) is 7.34. The smallest absolute Gasteiger partial charge is 0.243 e. The van der Waals surface area contributed by atoms with Crippen LogP contribution >= 0.6 is 0 Å². The molecule has 0 aromatic heterocycles. The van der Waals surface area contributed by atoms with E-state index in [1.807, 2.05) is 0 Å². The number of nitrogens with one attached hydrogen (secondary N) is 3. The average molecular weight is 299 g/mol. The SMILES string of the molecule is NCCCC[C@H](NC(=O)[C@@H]1CCCN1)C(=O)NCC(N)=O. The first kappa shape index (κ1) is 17.4. The lowest BCUT2D eigenvalue weighted by Gasteiger charge is -2.20. The molecule has 1 saturated heterocycles. The lowest BCUT2D eigenvalue weighted by Crippen LogP contribution is -2.52. The van der Waals surface area contributed by atoms with Crippen LogP contribution in [0.2, 0.25) is 0 Å². The fourth-order valence-corrected chi connectivity index (χ4v) is 2.24. The largest absolute Gasteiger partial charge is 0.368 e. The highest BCUT2D eigenvalue weighted by Crippen LogP contribution is 2.07. The number of primary amides is 1. The van der Waals surface area contributed by atoms with Gasteiger partial charge in [-0.2, -0.15) is 0 Å². The Labute approximate surface area is 124 Å². The van der Waals surface area contributed by atoms with Crippen molar-refractivity contribution < 1.29 is 14.4 Å². The second-order valence-corrected chi connectivity index (χ2v) is 5.18. The highest BCUT2D eigenvalue weighted by atomic mass is 16.2. The number of hydrogen-bond acceptors (Lipinski definition) is 5. The summed E-state index contributed by atoms with van der Waals surface area (Å²) in [7, 11) is 0. The van der Waals surface area contributed by atoms with Gasteiger partial charge in [-0.3, -0.25) is 14.4 Å². The first-order chi connectivity index (χ1) is 10.0. The van der Waals surface area contributed by atoms with E-state index in [9.17, 15) is 14.4 Å². The molecule has 120 valence electrons. The molecule has 0 aromatic carbocycles. The summed E-state index contributed by atoms with van der Waals surface area (Å²) in [5.41, 5.74) is 10.4. The van der Waals surface area contributed by atoms with Crippen LogP contribution in [0.5, 0.6) is 0 Å². The van der Waals surface area contributed by atoms with Crippen LogP contribution in [0.1, 0.15) is 32.1 Å². The van der Waals surface area contributed by atoms with E-state index in [1.165, 1.54) is 0 Å². The number of nitrogens with two attached hydrogens (primary N) is 2. The maximum Gasteiger partial charge on any atom is 0.243 e. The fourth-order valence-electron chi connectivity index (χ4n) is 2.24. The number of carbonyl (C=O) groups is 3. The summed E-state index contributed by atoms with van der Waals surface area (Å²) in [6.45, 7) is 1.11. The molecule has 0 spiro atoms. The van der Waals surface area contributed by atoms with Crippen molar-refractivity contribution in [1.82, 2.24) is 16.0 Å². The molecule has 2 atom stereocenters. The van der Waals surface area contributed by atoms with Crippen molar-refractivity contribution in [3.63, 3.8) is 0 Å². The van der Waals surface area contributed by atoms with Crippen molar-refractivity contribution in [3.8, 4) is 0 Å². The standard InChI is InChI=1S/C13H25N5O3/c14-6-2-1-4-10(12(20)17-8-11(15)19)18-13(21)9-5-3-7-16-9/h9-10,16H,1-8,14H2,(H2,15,19)(H,17,20)(H,18,21)/t9-,10-/m0/s1. The molecule has 0 bridgehead atoms. The molecule has 1 aliphatic heterocycles. The monoisotopic (exact) mass is 299 g/mol. The molecule has 0 aliphatic carbocycles. The highest BCUT2D eigenvalue weighted by Gasteiger charge is 2.27. The number of hydrogen-bond donors (Lipinski definition) is 5. The highest BCUT2D eigenvalue weighted by molar-refractivity contribution is 5.91. The number of amides is 3. The van der Waals surface area contributed by atoms with Crippen LogP contribution < -0.4 is 27.4 Å². The molecule has 0 aromatic rings. The minimum atomic E-state index is -0.661. The van der Waals surface area contributed by atoms with Gasteiger partial charge in [0.25, 0.3) is 0 Å².